The zero-order chi connectivity index (χ0) is 13.0. The first kappa shape index (κ1) is 13.1. The van der Waals surface area contributed by atoms with Gasteiger partial charge < -0.3 is 5.32 Å². The van der Waals surface area contributed by atoms with Crippen molar-refractivity contribution in [1.82, 2.24) is 10.6 Å². The molecule has 18 heavy (non-hydrogen) atoms. The van der Waals surface area contributed by atoms with Gasteiger partial charge in [0.05, 0.1) is 6.04 Å². The number of nitrogens with one attached hydrogen (secondary N) is 2. The van der Waals surface area contributed by atoms with Crippen LogP contribution < -0.4 is 10.6 Å². The fourth-order valence-electron chi connectivity index (χ4n) is 2.35. The Bertz CT molecular complexity index is 399. The molecule has 0 spiro atoms. The zero-order valence-electron chi connectivity index (χ0n) is 11.2. The van der Waals surface area contributed by atoms with Crippen LogP contribution in [0.2, 0.25) is 0 Å². The number of benzene rings is 1. The highest BCUT2D eigenvalue weighted by atomic mass is 16.2. The number of carbonyl (C=O) groups is 1. The second-order valence-corrected chi connectivity index (χ2v) is 5.14. The van der Waals surface area contributed by atoms with Crippen molar-refractivity contribution in [2.45, 2.75) is 45.2 Å². The molecule has 1 heterocycles. The normalized spacial score (nSPS) is 22.1. The van der Waals surface area contributed by atoms with Gasteiger partial charge in [-0.05, 0) is 38.7 Å². The molecule has 1 aromatic carbocycles. The Hall–Kier alpha value is -1.35. The van der Waals surface area contributed by atoms with Crippen LogP contribution in [0.1, 0.15) is 43.4 Å². The maximum atomic E-state index is 11.9. The predicted octanol–water partition coefficient (Wildman–Crippen LogP) is 2.31. The Labute approximate surface area is 109 Å². The van der Waals surface area contributed by atoms with Crippen molar-refractivity contribution >= 4 is 5.91 Å². The van der Waals surface area contributed by atoms with E-state index >= 15 is 0 Å². The largest absolute Gasteiger partial charge is 0.355 e. The number of aryl methyl sites for hydroxylation is 1. The Morgan fingerprint density at radius 1 is 1.28 bits per heavy atom. The van der Waals surface area contributed by atoms with Gasteiger partial charge in [-0.2, -0.15) is 0 Å². The molecule has 1 fully saturated rings. The maximum Gasteiger partial charge on any atom is 0.237 e. The SMILES string of the molecule is Cc1ccc([C@H](C)NC2CCCCNC2=O)cc1. The molecule has 3 heteroatoms. The van der Waals surface area contributed by atoms with Crippen molar-refractivity contribution in [3.05, 3.63) is 35.4 Å². The molecule has 1 amide bonds. The highest BCUT2D eigenvalue weighted by Gasteiger charge is 2.22. The first-order valence-electron chi connectivity index (χ1n) is 6.77. The molecule has 98 valence electrons. The molecule has 2 rings (SSSR count). The number of rotatable bonds is 3. The van der Waals surface area contributed by atoms with E-state index in [1.165, 1.54) is 11.1 Å². The number of amides is 1. The van der Waals surface area contributed by atoms with Crippen LogP contribution in [0, 0.1) is 6.92 Å². The van der Waals surface area contributed by atoms with Gasteiger partial charge in [-0.25, -0.2) is 0 Å². The monoisotopic (exact) mass is 246 g/mol. The lowest BCUT2D eigenvalue weighted by atomic mass is 10.0. The first-order chi connectivity index (χ1) is 8.66. The summed E-state index contributed by atoms with van der Waals surface area (Å²) in [6, 6.07) is 8.63. The quantitative estimate of drug-likeness (QED) is 0.859. The van der Waals surface area contributed by atoms with Crippen molar-refractivity contribution in [2.75, 3.05) is 6.54 Å². The summed E-state index contributed by atoms with van der Waals surface area (Å²) in [5.74, 6) is 0.145. The van der Waals surface area contributed by atoms with E-state index < -0.39 is 0 Å². The van der Waals surface area contributed by atoms with Gasteiger partial charge in [-0.3, -0.25) is 10.1 Å². The van der Waals surface area contributed by atoms with E-state index in [4.69, 9.17) is 0 Å². The zero-order valence-corrected chi connectivity index (χ0v) is 11.2. The number of carbonyl (C=O) groups excluding carboxylic acids is 1. The standard InChI is InChI=1S/C15H22N2O/c1-11-6-8-13(9-7-11)12(2)17-14-5-3-4-10-16-15(14)18/h6-9,12,14,17H,3-5,10H2,1-2H3,(H,16,18)/t12-,14?/m0/s1. The van der Waals surface area contributed by atoms with Crippen LogP contribution in [0.25, 0.3) is 0 Å². The van der Waals surface area contributed by atoms with E-state index in [2.05, 4.69) is 48.7 Å². The van der Waals surface area contributed by atoms with Crippen molar-refractivity contribution < 1.29 is 4.79 Å². The fraction of sp³-hybridized carbons (Fsp3) is 0.533. The summed E-state index contributed by atoms with van der Waals surface area (Å²) < 4.78 is 0. The van der Waals surface area contributed by atoms with E-state index in [1.807, 2.05) is 0 Å². The summed E-state index contributed by atoms with van der Waals surface area (Å²) in [5, 5.41) is 6.39. The van der Waals surface area contributed by atoms with Gasteiger partial charge in [0, 0.05) is 12.6 Å². The van der Waals surface area contributed by atoms with E-state index in [0.717, 1.165) is 25.8 Å². The molecular weight excluding hydrogens is 224 g/mol. The Morgan fingerprint density at radius 3 is 2.72 bits per heavy atom. The lowest BCUT2D eigenvalue weighted by Gasteiger charge is -2.21. The van der Waals surface area contributed by atoms with Crippen LogP contribution >= 0.6 is 0 Å². The van der Waals surface area contributed by atoms with Crippen molar-refractivity contribution in [1.29, 1.82) is 0 Å². The summed E-state index contributed by atoms with van der Waals surface area (Å²) in [4.78, 5) is 11.9. The molecule has 1 aromatic rings. The Balaban J connectivity index is 1.99. The lowest BCUT2D eigenvalue weighted by molar-refractivity contribution is -0.123. The summed E-state index contributed by atoms with van der Waals surface area (Å²) in [6.45, 7) is 5.01. The van der Waals surface area contributed by atoms with Crippen LogP contribution in [0.3, 0.4) is 0 Å². The van der Waals surface area contributed by atoms with E-state index in [1.54, 1.807) is 0 Å². The smallest absolute Gasteiger partial charge is 0.237 e. The molecule has 1 aliphatic rings. The molecule has 0 aliphatic carbocycles. The summed E-state index contributed by atoms with van der Waals surface area (Å²) in [6.07, 6.45) is 3.13. The van der Waals surface area contributed by atoms with Crippen LogP contribution in [0.5, 0.6) is 0 Å². The molecule has 1 unspecified atom stereocenters. The Kier molecular flexibility index (Phi) is 4.37. The summed E-state index contributed by atoms with van der Waals surface area (Å²) >= 11 is 0. The van der Waals surface area contributed by atoms with Gasteiger partial charge in [0.2, 0.25) is 5.91 Å². The molecule has 0 aromatic heterocycles. The second-order valence-electron chi connectivity index (χ2n) is 5.14. The average Bonchev–Trinajstić information content (AvgIpc) is 2.56. The summed E-state index contributed by atoms with van der Waals surface area (Å²) in [7, 11) is 0. The van der Waals surface area contributed by atoms with Crippen molar-refractivity contribution in [3.8, 4) is 0 Å². The first-order valence-corrected chi connectivity index (χ1v) is 6.77. The average molecular weight is 246 g/mol. The molecular formula is C15H22N2O. The maximum absolute atomic E-state index is 11.9. The number of hydrogen-bond acceptors (Lipinski definition) is 2. The topological polar surface area (TPSA) is 41.1 Å². The fourth-order valence-corrected chi connectivity index (χ4v) is 2.35. The van der Waals surface area contributed by atoms with Gasteiger partial charge in [0.1, 0.15) is 0 Å². The van der Waals surface area contributed by atoms with Crippen LogP contribution in [0.15, 0.2) is 24.3 Å². The third-order valence-corrected chi connectivity index (χ3v) is 3.56. The van der Waals surface area contributed by atoms with Gasteiger partial charge in [0.15, 0.2) is 0 Å². The van der Waals surface area contributed by atoms with Gasteiger partial charge in [0.25, 0.3) is 0 Å². The third-order valence-electron chi connectivity index (χ3n) is 3.56. The van der Waals surface area contributed by atoms with E-state index in [-0.39, 0.29) is 18.0 Å². The molecule has 1 saturated heterocycles. The third kappa shape index (κ3) is 3.33. The van der Waals surface area contributed by atoms with Crippen LogP contribution in [0.4, 0.5) is 0 Å². The molecule has 1 aliphatic heterocycles. The molecule has 2 N–H and O–H groups in total. The molecule has 0 saturated carbocycles. The predicted molar refractivity (Wildman–Crippen MR) is 73.4 cm³/mol. The van der Waals surface area contributed by atoms with E-state index in [0.29, 0.717) is 0 Å². The van der Waals surface area contributed by atoms with Crippen molar-refractivity contribution in [2.24, 2.45) is 0 Å². The van der Waals surface area contributed by atoms with Gasteiger partial charge >= 0.3 is 0 Å². The van der Waals surface area contributed by atoms with E-state index in [9.17, 15) is 4.79 Å². The minimum atomic E-state index is -0.0520. The van der Waals surface area contributed by atoms with Crippen molar-refractivity contribution in [3.63, 3.8) is 0 Å². The minimum absolute atomic E-state index is 0.0520. The van der Waals surface area contributed by atoms with Gasteiger partial charge in [-0.1, -0.05) is 29.8 Å². The van der Waals surface area contributed by atoms with Gasteiger partial charge in [-0.15, -0.1) is 0 Å². The van der Waals surface area contributed by atoms with Crippen LogP contribution in [-0.4, -0.2) is 18.5 Å². The highest BCUT2D eigenvalue weighted by molar-refractivity contribution is 5.81. The summed E-state index contributed by atoms with van der Waals surface area (Å²) in [5.41, 5.74) is 2.50. The number of hydrogen-bond donors (Lipinski definition) is 2. The lowest BCUT2D eigenvalue weighted by Crippen LogP contribution is -2.43. The Morgan fingerprint density at radius 2 is 2.00 bits per heavy atom. The molecule has 0 bridgehead atoms. The molecule has 3 nitrogen and oxygen atoms in total. The molecule has 0 radical (unpaired) electrons. The second kappa shape index (κ2) is 6.01. The molecule has 2 atom stereocenters. The minimum Gasteiger partial charge on any atom is -0.355 e. The highest BCUT2D eigenvalue weighted by Crippen LogP contribution is 2.16. The van der Waals surface area contributed by atoms with Crippen LogP contribution in [-0.2, 0) is 4.79 Å².